The molecule has 0 bridgehead atoms. The molecule has 0 saturated carbocycles. The lowest BCUT2D eigenvalue weighted by atomic mass is 10.2. The molecule has 2 rings (SSSR count). The number of ether oxygens (including phenoxy) is 1. The Bertz CT molecular complexity index is 569. The van der Waals surface area contributed by atoms with Crippen LogP contribution in [0.5, 0.6) is 5.75 Å². The van der Waals surface area contributed by atoms with Crippen LogP contribution in [0.15, 0.2) is 40.9 Å². The number of halogens is 2. The molecule has 0 atom stereocenters. The van der Waals surface area contributed by atoms with Gasteiger partial charge in [0.15, 0.2) is 0 Å². The van der Waals surface area contributed by atoms with Gasteiger partial charge in [-0.2, -0.15) is 0 Å². The third-order valence-electron chi connectivity index (χ3n) is 2.88. The average Bonchev–Trinajstić information content (AvgIpc) is 2.41. The van der Waals surface area contributed by atoms with E-state index in [1.54, 1.807) is 7.11 Å². The second kappa shape index (κ2) is 6.31. The van der Waals surface area contributed by atoms with Crippen molar-refractivity contribution in [2.24, 2.45) is 0 Å². The molecule has 0 aliphatic carbocycles. The smallest absolute Gasteiger partial charge is 0.143 e. The number of anilines is 1. The maximum absolute atomic E-state index is 6.09. The van der Waals surface area contributed by atoms with Crippen LogP contribution in [0, 0.1) is 6.92 Å². The van der Waals surface area contributed by atoms with Gasteiger partial charge < -0.3 is 10.1 Å². The van der Waals surface area contributed by atoms with Gasteiger partial charge in [0.25, 0.3) is 0 Å². The van der Waals surface area contributed by atoms with E-state index in [2.05, 4.69) is 33.4 Å². The Hall–Kier alpha value is -1.19. The van der Waals surface area contributed by atoms with Crippen molar-refractivity contribution in [3.05, 3.63) is 57.0 Å². The predicted octanol–water partition coefficient (Wildman–Crippen LogP) is 5.03. The summed E-state index contributed by atoms with van der Waals surface area (Å²) >= 11 is 9.51. The summed E-state index contributed by atoms with van der Waals surface area (Å²) in [5.41, 5.74) is 3.19. The molecule has 0 fully saturated rings. The van der Waals surface area contributed by atoms with E-state index >= 15 is 0 Å². The minimum absolute atomic E-state index is 0.714. The zero-order chi connectivity index (χ0) is 13.8. The average molecular weight is 341 g/mol. The Morgan fingerprint density at radius 3 is 2.53 bits per heavy atom. The summed E-state index contributed by atoms with van der Waals surface area (Å²) in [6.07, 6.45) is 0. The van der Waals surface area contributed by atoms with Crippen molar-refractivity contribution in [1.82, 2.24) is 0 Å². The molecule has 0 amide bonds. The van der Waals surface area contributed by atoms with Crippen molar-refractivity contribution in [3.63, 3.8) is 0 Å². The number of hydrogen-bond acceptors (Lipinski definition) is 2. The molecule has 1 N–H and O–H groups in total. The van der Waals surface area contributed by atoms with Gasteiger partial charge in [-0.05, 0) is 36.2 Å². The van der Waals surface area contributed by atoms with Gasteiger partial charge in [-0.15, -0.1) is 0 Å². The van der Waals surface area contributed by atoms with Gasteiger partial charge in [-0.3, -0.25) is 0 Å². The second-order valence-corrected chi connectivity index (χ2v) is 5.60. The van der Waals surface area contributed by atoms with E-state index in [0.29, 0.717) is 5.02 Å². The Morgan fingerprint density at radius 1 is 1.21 bits per heavy atom. The standard InChI is InChI=1S/C15H15BrClNO/c1-10-7-14(15(19-2)8-13(10)17)18-9-11-3-5-12(16)6-4-11/h3-8,18H,9H2,1-2H3. The highest BCUT2D eigenvalue weighted by atomic mass is 79.9. The third kappa shape index (κ3) is 3.64. The number of rotatable bonds is 4. The largest absolute Gasteiger partial charge is 0.495 e. The van der Waals surface area contributed by atoms with Gasteiger partial charge >= 0.3 is 0 Å². The molecule has 2 nitrogen and oxygen atoms in total. The maximum atomic E-state index is 6.09. The molecule has 0 saturated heterocycles. The molecule has 0 aromatic heterocycles. The minimum atomic E-state index is 0.714. The van der Waals surface area contributed by atoms with Crippen LogP contribution in [0.25, 0.3) is 0 Å². The quantitative estimate of drug-likeness (QED) is 0.842. The molecule has 0 spiro atoms. The Kier molecular flexibility index (Phi) is 4.72. The summed E-state index contributed by atoms with van der Waals surface area (Å²) in [5, 5.41) is 4.08. The highest BCUT2D eigenvalue weighted by molar-refractivity contribution is 9.10. The predicted molar refractivity (Wildman–Crippen MR) is 84.2 cm³/mol. The normalized spacial score (nSPS) is 10.3. The van der Waals surface area contributed by atoms with Gasteiger partial charge in [-0.25, -0.2) is 0 Å². The number of hydrogen-bond donors (Lipinski definition) is 1. The molecule has 2 aromatic carbocycles. The van der Waals surface area contributed by atoms with Gasteiger partial charge in [0, 0.05) is 22.1 Å². The van der Waals surface area contributed by atoms with Crippen LogP contribution >= 0.6 is 27.5 Å². The van der Waals surface area contributed by atoms with Crippen molar-refractivity contribution in [2.45, 2.75) is 13.5 Å². The van der Waals surface area contributed by atoms with Crippen molar-refractivity contribution in [3.8, 4) is 5.75 Å². The van der Waals surface area contributed by atoms with Crippen molar-refractivity contribution >= 4 is 33.2 Å². The maximum Gasteiger partial charge on any atom is 0.143 e. The van der Waals surface area contributed by atoms with E-state index in [-0.39, 0.29) is 0 Å². The molecular weight excluding hydrogens is 326 g/mol. The topological polar surface area (TPSA) is 21.3 Å². The second-order valence-electron chi connectivity index (χ2n) is 4.28. The SMILES string of the molecule is COc1cc(Cl)c(C)cc1NCc1ccc(Br)cc1. The first kappa shape index (κ1) is 14.2. The van der Waals surface area contributed by atoms with E-state index in [4.69, 9.17) is 16.3 Å². The molecular formula is C15H15BrClNO. The summed E-state index contributed by atoms with van der Waals surface area (Å²) in [7, 11) is 1.64. The Labute approximate surface area is 126 Å². The van der Waals surface area contributed by atoms with Crippen LogP contribution in [-0.4, -0.2) is 7.11 Å². The van der Waals surface area contributed by atoms with Crippen LogP contribution in [-0.2, 0) is 6.54 Å². The van der Waals surface area contributed by atoms with Gasteiger partial charge in [0.05, 0.1) is 12.8 Å². The summed E-state index contributed by atoms with van der Waals surface area (Å²) in [4.78, 5) is 0. The molecule has 2 aromatic rings. The highest BCUT2D eigenvalue weighted by Crippen LogP contribution is 2.31. The van der Waals surface area contributed by atoms with Crippen LogP contribution < -0.4 is 10.1 Å². The van der Waals surface area contributed by atoms with Crippen molar-refractivity contribution in [1.29, 1.82) is 0 Å². The van der Waals surface area contributed by atoms with Gasteiger partial charge in [0.2, 0.25) is 0 Å². The molecule has 0 aliphatic rings. The summed E-state index contributed by atoms with van der Waals surface area (Å²) < 4.78 is 6.41. The van der Waals surface area contributed by atoms with Crippen LogP contribution in [0.2, 0.25) is 5.02 Å². The highest BCUT2D eigenvalue weighted by Gasteiger charge is 2.06. The molecule has 100 valence electrons. The van der Waals surface area contributed by atoms with E-state index in [1.807, 2.05) is 31.2 Å². The first-order valence-corrected chi connectivity index (χ1v) is 7.09. The van der Waals surface area contributed by atoms with Crippen molar-refractivity contribution in [2.75, 3.05) is 12.4 Å². The summed E-state index contributed by atoms with van der Waals surface area (Å²) in [5.74, 6) is 0.757. The fraction of sp³-hybridized carbons (Fsp3) is 0.200. The van der Waals surface area contributed by atoms with Crippen molar-refractivity contribution < 1.29 is 4.74 Å². The zero-order valence-electron chi connectivity index (χ0n) is 10.8. The third-order valence-corrected chi connectivity index (χ3v) is 3.81. The fourth-order valence-electron chi connectivity index (χ4n) is 1.77. The molecule has 0 heterocycles. The first-order chi connectivity index (χ1) is 9.10. The van der Waals surface area contributed by atoms with E-state index in [1.165, 1.54) is 5.56 Å². The van der Waals surface area contributed by atoms with Crippen LogP contribution in [0.3, 0.4) is 0 Å². The van der Waals surface area contributed by atoms with Gasteiger partial charge in [0.1, 0.15) is 5.75 Å². The summed E-state index contributed by atoms with van der Waals surface area (Å²) in [6, 6.07) is 12.0. The number of benzene rings is 2. The molecule has 0 aliphatic heterocycles. The van der Waals surface area contributed by atoms with E-state index < -0.39 is 0 Å². The lowest BCUT2D eigenvalue weighted by Gasteiger charge is -2.13. The summed E-state index contributed by atoms with van der Waals surface area (Å²) in [6.45, 7) is 2.72. The Balaban J connectivity index is 2.14. The molecule has 4 heteroatoms. The number of aryl methyl sites for hydroxylation is 1. The van der Waals surface area contributed by atoms with E-state index in [9.17, 15) is 0 Å². The number of methoxy groups -OCH3 is 1. The lowest BCUT2D eigenvalue weighted by molar-refractivity contribution is 0.416. The minimum Gasteiger partial charge on any atom is -0.495 e. The zero-order valence-corrected chi connectivity index (χ0v) is 13.2. The van der Waals surface area contributed by atoms with Gasteiger partial charge in [-0.1, -0.05) is 39.7 Å². The van der Waals surface area contributed by atoms with Crippen LogP contribution in [0.4, 0.5) is 5.69 Å². The molecule has 19 heavy (non-hydrogen) atoms. The lowest BCUT2D eigenvalue weighted by Crippen LogP contribution is -2.02. The number of nitrogens with one attached hydrogen (secondary N) is 1. The molecule has 0 radical (unpaired) electrons. The first-order valence-electron chi connectivity index (χ1n) is 5.92. The van der Waals surface area contributed by atoms with Crippen LogP contribution in [0.1, 0.15) is 11.1 Å². The molecule has 0 unspecified atom stereocenters. The Morgan fingerprint density at radius 2 is 1.89 bits per heavy atom. The monoisotopic (exact) mass is 339 g/mol. The fourth-order valence-corrected chi connectivity index (χ4v) is 2.19. The van der Waals surface area contributed by atoms with E-state index in [0.717, 1.165) is 28.0 Å².